The summed E-state index contributed by atoms with van der Waals surface area (Å²) in [5.74, 6) is 0.740. The highest BCUT2D eigenvalue weighted by Gasteiger charge is 2.32. The maximum absolute atomic E-state index is 12.9. The number of hydrogen-bond donors (Lipinski definition) is 2. The van der Waals surface area contributed by atoms with Crippen LogP contribution in [-0.4, -0.2) is 8.42 Å². The normalized spacial score (nSPS) is 14.2. The molecule has 0 aliphatic carbocycles. The van der Waals surface area contributed by atoms with Gasteiger partial charge in [0.2, 0.25) is 67.0 Å². The zero-order valence-electron chi connectivity index (χ0n) is 40.5. The van der Waals surface area contributed by atoms with Gasteiger partial charge in [0.15, 0.2) is 16.7 Å². The van der Waals surface area contributed by atoms with E-state index < -0.39 is 35.9 Å². The lowest BCUT2D eigenvalue weighted by Gasteiger charge is -2.32. The van der Waals surface area contributed by atoms with Crippen molar-refractivity contribution in [1.82, 2.24) is 0 Å². The van der Waals surface area contributed by atoms with E-state index in [0.717, 1.165) is 70.4 Å². The molecule has 0 amide bonds. The van der Waals surface area contributed by atoms with Gasteiger partial charge in [0.1, 0.15) is 5.75 Å². The largest absolute Gasteiger partial charge is 0.444 e. The van der Waals surface area contributed by atoms with E-state index in [1.165, 1.54) is 28.3 Å². The van der Waals surface area contributed by atoms with Crippen LogP contribution in [0.1, 0.15) is 0 Å². The smallest absolute Gasteiger partial charge is 0.427 e. The molecule has 0 saturated carbocycles. The molecule has 3 N–H and O–H groups in total. The van der Waals surface area contributed by atoms with E-state index in [4.69, 9.17) is 70.1 Å². The van der Waals surface area contributed by atoms with Crippen LogP contribution >= 0.6 is 61.5 Å². The summed E-state index contributed by atoms with van der Waals surface area (Å²) >= 11 is 22.1. The molecule has 376 valence electrons. The lowest BCUT2D eigenvalue weighted by molar-refractivity contribution is 0.596. The van der Waals surface area contributed by atoms with Crippen LogP contribution in [0.15, 0.2) is 265 Å². The Morgan fingerprint density at radius 2 is 0.753 bits per heavy atom. The van der Waals surface area contributed by atoms with Gasteiger partial charge >= 0.3 is 19.6 Å². The third kappa shape index (κ3) is 10.9. The Labute approximate surface area is 466 Å². The molecule has 4 atom stereocenters. The molecular formula is C60H43N2O6P4S5+3. The first-order valence-electron chi connectivity index (χ1n) is 23.9. The van der Waals surface area contributed by atoms with Crippen molar-refractivity contribution in [1.29, 1.82) is 0 Å². The number of sulfone groups is 1. The minimum absolute atomic E-state index is 0.194. The highest BCUT2D eigenvalue weighted by Crippen LogP contribution is 2.54. The molecule has 0 fully saturated rings. The standard InChI is InChI=1S/C24H19N2O3PS2.3C12H8OPS/c25-17-9-13-19(14-10-17)32(27,28)20-15-11-18(12-16-20)26-30(31)24-8-4-2-6-22(24)21-5-1-3-7-23(21)29-30;3*15-14-12-8-4-2-6-10(12)9-5-1-3-7-11(9)13-14/h1-16H,25H2,(H,26,31);3*1-8H/q;3*+1. The molecule has 1 aliphatic heterocycles. The zero-order valence-corrected chi connectivity index (χ0v) is 48.1. The second-order valence-corrected chi connectivity index (χ2v) is 29.5. The van der Waals surface area contributed by atoms with Gasteiger partial charge in [-0.2, -0.15) is 0 Å². The Morgan fingerprint density at radius 3 is 1.21 bits per heavy atom. The van der Waals surface area contributed by atoms with Crippen LogP contribution in [0.3, 0.4) is 0 Å². The summed E-state index contributed by atoms with van der Waals surface area (Å²) in [6, 6.07) is 77.3. The summed E-state index contributed by atoms with van der Waals surface area (Å²) in [5, 5.41) is 14.9. The zero-order chi connectivity index (χ0) is 53.1. The number of para-hydroxylation sites is 4. The summed E-state index contributed by atoms with van der Waals surface area (Å²) in [7, 11) is -3.64. The molecule has 13 aromatic rings. The second-order valence-electron chi connectivity index (χ2n) is 17.4. The predicted octanol–water partition coefficient (Wildman–Crippen LogP) is 20.5. The summed E-state index contributed by atoms with van der Waals surface area (Å²) in [6.07, 6.45) is -2.66. The van der Waals surface area contributed by atoms with E-state index in [1.54, 1.807) is 36.4 Å². The molecule has 14 rings (SSSR count). The van der Waals surface area contributed by atoms with Gasteiger partial charge in [-0.3, -0.25) is 12.6 Å². The van der Waals surface area contributed by atoms with Crippen LogP contribution < -0.4 is 20.6 Å². The first-order chi connectivity index (χ1) is 37.4. The molecule has 4 unspecified atom stereocenters. The van der Waals surface area contributed by atoms with Crippen LogP contribution in [0.25, 0.3) is 75.5 Å². The fraction of sp³-hybridized carbons (Fsp3) is 0. The van der Waals surface area contributed by atoms with E-state index >= 15 is 0 Å². The number of anilines is 2. The minimum Gasteiger partial charge on any atom is -0.444 e. The number of benzene rings is 10. The molecule has 0 bridgehead atoms. The maximum atomic E-state index is 12.9. The number of fused-ring (bicyclic) bond motifs is 12. The molecule has 77 heavy (non-hydrogen) atoms. The van der Waals surface area contributed by atoms with Crippen LogP contribution in [0, 0.1) is 0 Å². The SMILES string of the molecule is Nc1ccc(S(=O)(=O)c2ccc(NP3(=S)Oc4ccccc4-c4ccccc43)cc2)cc1.S=[p+]1oc2ccccc2c2ccccc21.S=[p+]1oc2ccccc2c2ccccc21.S=[p+]1oc2ccccc2c2ccccc21. The molecular weight excluding hydrogens is 1130 g/mol. The monoisotopic (exact) mass is 1170 g/mol. The van der Waals surface area contributed by atoms with Crippen LogP contribution in [0.4, 0.5) is 11.4 Å². The molecule has 17 heteroatoms. The Bertz CT molecular complexity index is 4450. The van der Waals surface area contributed by atoms with Crippen molar-refractivity contribution in [2.24, 2.45) is 0 Å². The molecule has 8 nitrogen and oxygen atoms in total. The molecule has 0 saturated heterocycles. The van der Waals surface area contributed by atoms with Crippen molar-refractivity contribution < 1.29 is 25.5 Å². The van der Waals surface area contributed by atoms with Crippen molar-refractivity contribution in [3.05, 3.63) is 243 Å². The lowest BCUT2D eigenvalue weighted by atomic mass is 10.0. The highest BCUT2D eigenvalue weighted by molar-refractivity contribution is 8.17. The Kier molecular flexibility index (Phi) is 15.3. The molecule has 0 radical (unpaired) electrons. The van der Waals surface area contributed by atoms with Gasteiger partial charge in [0.05, 0.1) is 9.79 Å². The molecule has 10 aromatic carbocycles. The number of nitrogen functional groups attached to an aromatic ring is 1. The Hall–Kier alpha value is -6.84. The molecule has 1 aliphatic rings. The quantitative estimate of drug-likeness (QED) is 0.0991. The third-order valence-electron chi connectivity index (χ3n) is 12.6. The van der Waals surface area contributed by atoms with Gasteiger partial charge in [-0.15, -0.1) is 0 Å². The number of nitrogens with two attached hydrogens (primary N) is 1. The summed E-state index contributed by atoms with van der Waals surface area (Å²) in [5.41, 5.74) is 11.7. The first kappa shape index (κ1) is 52.2. The number of hydrogen-bond acceptors (Lipinski definition) is 11. The van der Waals surface area contributed by atoms with Gasteiger partial charge in [0, 0.05) is 54.6 Å². The summed E-state index contributed by atoms with van der Waals surface area (Å²) in [6.45, 7) is -2.73. The van der Waals surface area contributed by atoms with E-state index in [1.807, 2.05) is 140 Å². The fourth-order valence-electron chi connectivity index (χ4n) is 8.96. The van der Waals surface area contributed by atoms with Crippen LogP contribution in [0.2, 0.25) is 0 Å². The van der Waals surface area contributed by atoms with Crippen molar-refractivity contribution >= 4 is 164 Å². The fourth-order valence-corrected chi connectivity index (χ4v) is 18.5. The average Bonchev–Trinajstić information content (AvgIpc) is 3.50. The third-order valence-corrected chi connectivity index (χ3v) is 23.4. The van der Waals surface area contributed by atoms with Crippen molar-refractivity contribution in [3.63, 3.8) is 0 Å². The van der Waals surface area contributed by atoms with Gasteiger partial charge in [-0.1, -0.05) is 127 Å². The van der Waals surface area contributed by atoms with E-state index in [-0.39, 0.29) is 9.79 Å². The van der Waals surface area contributed by atoms with Crippen molar-refractivity contribution in [2.75, 3.05) is 10.8 Å². The van der Waals surface area contributed by atoms with Gasteiger partial charge in [0.25, 0.3) is 0 Å². The van der Waals surface area contributed by atoms with Gasteiger partial charge < -0.3 is 15.3 Å². The Balaban J connectivity index is 0.000000118. The van der Waals surface area contributed by atoms with E-state index in [9.17, 15) is 8.42 Å². The minimum atomic E-state index is -3.64. The number of nitrogens with one attached hydrogen (secondary N) is 1. The molecule has 3 aromatic heterocycles. The van der Waals surface area contributed by atoms with Crippen molar-refractivity contribution in [2.45, 2.75) is 9.79 Å². The first-order valence-corrected chi connectivity index (χ1v) is 35.0. The molecule has 0 spiro atoms. The van der Waals surface area contributed by atoms with E-state index in [0.29, 0.717) is 11.4 Å². The Morgan fingerprint density at radius 1 is 0.403 bits per heavy atom. The van der Waals surface area contributed by atoms with E-state index in [2.05, 4.69) is 59.7 Å². The molecule has 4 heterocycles. The topological polar surface area (TPSA) is 121 Å². The van der Waals surface area contributed by atoms with Crippen LogP contribution in [-0.2, 0) is 21.6 Å². The maximum Gasteiger partial charge on any atom is 0.427 e. The lowest BCUT2D eigenvalue weighted by Crippen LogP contribution is -2.22. The van der Waals surface area contributed by atoms with Gasteiger partial charge in [-0.25, -0.2) is 8.42 Å². The number of rotatable bonds is 4. The predicted molar refractivity (Wildman–Crippen MR) is 337 cm³/mol. The van der Waals surface area contributed by atoms with Crippen LogP contribution in [0.5, 0.6) is 5.75 Å². The average molecular weight is 1170 g/mol. The second kappa shape index (κ2) is 22.6. The van der Waals surface area contributed by atoms with Gasteiger partial charge in [-0.05, 0) is 133 Å². The summed E-state index contributed by atoms with van der Waals surface area (Å²) in [4.78, 5) is 0.390. The summed E-state index contributed by atoms with van der Waals surface area (Å²) < 4.78 is 49.3. The highest BCUT2D eigenvalue weighted by atomic mass is 32.4. The van der Waals surface area contributed by atoms with Crippen molar-refractivity contribution in [3.8, 4) is 16.9 Å².